The van der Waals surface area contributed by atoms with Crippen molar-refractivity contribution in [3.8, 4) is 0 Å². The molecule has 0 radical (unpaired) electrons. The number of fused-ring (bicyclic) bond motifs is 1. The zero-order valence-corrected chi connectivity index (χ0v) is 12.9. The lowest BCUT2D eigenvalue weighted by atomic mass is 10.1. The van der Waals surface area contributed by atoms with Crippen LogP contribution in [-0.4, -0.2) is 28.4 Å². The molecule has 0 atom stereocenters. The zero-order valence-electron chi connectivity index (χ0n) is 12.9. The third-order valence-corrected chi connectivity index (χ3v) is 3.37. The number of aliphatic imine (C=N–C) groups is 1. The van der Waals surface area contributed by atoms with Gasteiger partial charge in [0.2, 0.25) is 5.96 Å². The summed E-state index contributed by atoms with van der Waals surface area (Å²) in [5.74, 6) is 0.801. The first kappa shape index (κ1) is 14.3. The van der Waals surface area contributed by atoms with Gasteiger partial charge in [0.25, 0.3) is 5.91 Å². The summed E-state index contributed by atoms with van der Waals surface area (Å²) >= 11 is 0. The fourth-order valence-electron chi connectivity index (χ4n) is 2.25. The van der Waals surface area contributed by atoms with Gasteiger partial charge in [-0.25, -0.2) is 9.98 Å². The average molecular weight is 297 g/mol. The zero-order chi connectivity index (χ0) is 15.7. The minimum absolute atomic E-state index is 0.193. The molecule has 2 aromatic heterocycles. The van der Waals surface area contributed by atoms with Gasteiger partial charge in [0.1, 0.15) is 11.3 Å². The number of aryl methyl sites for hydroxylation is 1. The van der Waals surface area contributed by atoms with Gasteiger partial charge in [-0.05, 0) is 30.5 Å². The fraction of sp³-hybridized carbons (Fsp3) is 0.312. The molecule has 3 rings (SSSR count). The van der Waals surface area contributed by atoms with Crippen LogP contribution in [0.15, 0.2) is 29.1 Å². The van der Waals surface area contributed by atoms with Gasteiger partial charge >= 0.3 is 0 Å². The number of nitrogens with one attached hydrogen (secondary N) is 3. The minimum Gasteiger partial charge on any atom is -0.355 e. The summed E-state index contributed by atoms with van der Waals surface area (Å²) in [5.41, 5.74) is 3.18. The quantitative estimate of drug-likeness (QED) is 0.757. The first-order chi connectivity index (χ1) is 10.5. The Morgan fingerprint density at radius 1 is 1.41 bits per heavy atom. The Labute approximate surface area is 128 Å². The molecule has 6 nitrogen and oxygen atoms in total. The second-order valence-corrected chi connectivity index (χ2v) is 5.87. The third kappa shape index (κ3) is 2.86. The number of amides is 1. The molecule has 0 fully saturated rings. The van der Waals surface area contributed by atoms with Gasteiger partial charge in [-0.3, -0.25) is 10.1 Å². The van der Waals surface area contributed by atoms with Gasteiger partial charge in [0, 0.05) is 29.9 Å². The van der Waals surface area contributed by atoms with E-state index in [4.69, 9.17) is 0 Å². The van der Waals surface area contributed by atoms with Crippen molar-refractivity contribution in [3.05, 3.63) is 35.3 Å². The topological polar surface area (TPSA) is 82.2 Å². The number of pyridine rings is 1. The lowest BCUT2D eigenvalue weighted by Gasteiger charge is -2.06. The van der Waals surface area contributed by atoms with Crippen molar-refractivity contribution >= 4 is 29.0 Å². The van der Waals surface area contributed by atoms with E-state index in [0.717, 1.165) is 28.7 Å². The molecule has 0 saturated heterocycles. The highest BCUT2D eigenvalue weighted by molar-refractivity contribution is 6.14. The van der Waals surface area contributed by atoms with E-state index >= 15 is 0 Å². The van der Waals surface area contributed by atoms with Gasteiger partial charge in [0.15, 0.2) is 0 Å². The Hall–Kier alpha value is -2.63. The van der Waals surface area contributed by atoms with Crippen molar-refractivity contribution in [2.45, 2.75) is 20.8 Å². The number of guanidine groups is 1. The molecule has 0 aromatic carbocycles. The van der Waals surface area contributed by atoms with Crippen LogP contribution >= 0.6 is 0 Å². The normalized spacial score (nSPS) is 16.5. The van der Waals surface area contributed by atoms with E-state index in [1.54, 1.807) is 6.08 Å². The molecule has 0 unspecified atom stereocenters. The highest BCUT2D eigenvalue weighted by Crippen LogP contribution is 2.21. The Bertz CT molecular complexity index is 785. The van der Waals surface area contributed by atoms with Crippen molar-refractivity contribution in [1.29, 1.82) is 0 Å². The van der Waals surface area contributed by atoms with Gasteiger partial charge < -0.3 is 10.3 Å². The number of H-pyrrole nitrogens is 1. The maximum Gasteiger partial charge on any atom is 0.276 e. The smallest absolute Gasteiger partial charge is 0.276 e. The van der Waals surface area contributed by atoms with Crippen LogP contribution in [0, 0.1) is 12.8 Å². The van der Waals surface area contributed by atoms with Crippen LogP contribution in [0.5, 0.6) is 0 Å². The molecular formula is C16H19N5O. The lowest BCUT2D eigenvalue weighted by molar-refractivity contribution is -0.115. The van der Waals surface area contributed by atoms with E-state index in [1.807, 2.05) is 25.4 Å². The van der Waals surface area contributed by atoms with E-state index in [-0.39, 0.29) is 5.91 Å². The molecule has 0 saturated carbocycles. The SMILES string of the molecule is Cc1cnc2[nH]cc(C=C3N=C(NCC(C)C)NC3=O)c2c1. The maximum atomic E-state index is 12.0. The monoisotopic (exact) mass is 297 g/mol. The summed E-state index contributed by atoms with van der Waals surface area (Å²) in [4.78, 5) is 23.7. The van der Waals surface area contributed by atoms with Crippen LogP contribution < -0.4 is 10.6 Å². The Kier molecular flexibility index (Phi) is 3.66. The summed E-state index contributed by atoms with van der Waals surface area (Å²) < 4.78 is 0. The predicted molar refractivity (Wildman–Crippen MR) is 87.2 cm³/mol. The summed E-state index contributed by atoms with van der Waals surface area (Å²) in [5, 5.41) is 6.85. The molecule has 3 N–H and O–H groups in total. The largest absolute Gasteiger partial charge is 0.355 e. The van der Waals surface area contributed by atoms with E-state index in [1.165, 1.54) is 0 Å². The summed E-state index contributed by atoms with van der Waals surface area (Å²) in [7, 11) is 0. The number of rotatable bonds is 3. The number of hydrogen-bond donors (Lipinski definition) is 3. The fourth-order valence-corrected chi connectivity index (χ4v) is 2.25. The van der Waals surface area contributed by atoms with Crippen molar-refractivity contribution in [1.82, 2.24) is 20.6 Å². The average Bonchev–Trinajstić information content (AvgIpc) is 3.02. The van der Waals surface area contributed by atoms with Crippen LogP contribution in [0.25, 0.3) is 17.1 Å². The van der Waals surface area contributed by atoms with E-state index in [9.17, 15) is 4.79 Å². The van der Waals surface area contributed by atoms with Crippen LogP contribution in [0.4, 0.5) is 0 Å². The number of nitrogens with zero attached hydrogens (tertiary/aromatic N) is 2. The van der Waals surface area contributed by atoms with Gasteiger partial charge in [-0.2, -0.15) is 0 Å². The minimum atomic E-state index is -0.193. The lowest BCUT2D eigenvalue weighted by Crippen LogP contribution is -2.37. The van der Waals surface area contributed by atoms with Crippen LogP contribution in [0.2, 0.25) is 0 Å². The van der Waals surface area contributed by atoms with Gasteiger partial charge in [0.05, 0.1) is 0 Å². The Balaban J connectivity index is 1.90. The molecule has 6 heteroatoms. The first-order valence-corrected chi connectivity index (χ1v) is 7.32. The maximum absolute atomic E-state index is 12.0. The van der Waals surface area contributed by atoms with Crippen molar-refractivity contribution in [2.24, 2.45) is 10.9 Å². The molecule has 1 amide bonds. The van der Waals surface area contributed by atoms with Crippen LogP contribution in [-0.2, 0) is 4.79 Å². The summed E-state index contributed by atoms with van der Waals surface area (Å²) in [6, 6.07) is 2.04. The van der Waals surface area contributed by atoms with Gasteiger partial charge in [-0.15, -0.1) is 0 Å². The molecule has 1 aliphatic rings. The standard InChI is InChI=1S/C16H19N5O/c1-9(2)6-19-16-20-13(15(22)21-16)5-11-8-18-14-12(11)4-10(3)7-17-14/h4-5,7-9H,6H2,1-3H3,(H,17,18)(H2,19,20,21,22). The summed E-state index contributed by atoms with van der Waals surface area (Å²) in [6.07, 6.45) is 5.43. The molecule has 0 spiro atoms. The van der Waals surface area contributed by atoms with Crippen molar-refractivity contribution in [3.63, 3.8) is 0 Å². The molecule has 3 heterocycles. The molecule has 1 aliphatic heterocycles. The number of aromatic nitrogens is 2. The number of hydrogen-bond acceptors (Lipinski definition) is 4. The second kappa shape index (κ2) is 5.63. The molecule has 0 bridgehead atoms. The highest BCUT2D eigenvalue weighted by Gasteiger charge is 2.20. The highest BCUT2D eigenvalue weighted by atomic mass is 16.2. The molecule has 0 aliphatic carbocycles. The van der Waals surface area contributed by atoms with E-state index in [0.29, 0.717) is 17.6 Å². The summed E-state index contributed by atoms with van der Waals surface area (Å²) in [6.45, 7) is 6.96. The van der Waals surface area contributed by atoms with E-state index in [2.05, 4.69) is 39.4 Å². The molecular weight excluding hydrogens is 278 g/mol. The number of carbonyl (C=O) groups excluding carboxylic acids is 1. The number of carbonyl (C=O) groups is 1. The second-order valence-electron chi connectivity index (χ2n) is 5.87. The van der Waals surface area contributed by atoms with Gasteiger partial charge in [-0.1, -0.05) is 13.8 Å². The van der Waals surface area contributed by atoms with E-state index < -0.39 is 0 Å². The molecule has 2 aromatic rings. The number of aromatic amines is 1. The van der Waals surface area contributed by atoms with Crippen molar-refractivity contribution in [2.75, 3.05) is 6.54 Å². The first-order valence-electron chi connectivity index (χ1n) is 7.32. The van der Waals surface area contributed by atoms with Crippen LogP contribution in [0.3, 0.4) is 0 Å². The molecule has 22 heavy (non-hydrogen) atoms. The predicted octanol–water partition coefficient (Wildman–Crippen LogP) is 1.94. The van der Waals surface area contributed by atoms with Crippen LogP contribution in [0.1, 0.15) is 25.0 Å². The Morgan fingerprint density at radius 3 is 3.00 bits per heavy atom. The van der Waals surface area contributed by atoms with Crippen molar-refractivity contribution < 1.29 is 4.79 Å². The Morgan fingerprint density at radius 2 is 2.23 bits per heavy atom. The molecule has 114 valence electrons. The third-order valence-electron chi connectivity index (χ3n) is 3.37.